The summed E-state index contributed by atoms with van der Waals surface area (Å²) < 4.78 is 10.8. The third-order valence-corrected chi connectivity index (χ3v) is 6.42. The van der Waals surface area contributed by atoms with Gasteiger partial charge in [-0.1, -0.05) is 69.3 Å². The van der Waals surface area contributed by atoms with Crippen molar-refractivity contribution in [1.82, 2.24) is 10.6 Å². The second-order valence-electron chi connectivity index (χ2n) is 9.31. The molecule has 35 heavy (non-hydrogen) atoms. The van der Waals surface area contributed by atoms with E-state index in [1.165, 1.54) is 7.11 Å². The molecule has 0 radical (unpaired) electrons. The summed E-state index contributed by atoms with van der Waals surface area (Å²) in [5.41, 5.74) is 2.92. The molecule has 0 aliphatic heterocycles. The summed E-state index contributed by atoms with van der Waals surface area (Å²) >= 11 is 0. The Morgan fingerprint density at radius 2 is 1.60 bits per heavy atom. The molecule has 188 valence electrons. The van der Waals surface area contributed by atoms with E-state index < -0.39 is 29.6 Å². The number of hydrogen-bond acceptors (Lipinski definition) is 5. The lowest BCUT2D eigenvalue weighted by atomic mass is 9.94. The fourth-order valence-corrected chi connectivity index (χ4v) is 4.57. The van der Waals surface area contributed by atoms with E-state index in [1.807, 2.05) is 50.2 Å². The summed E-state index contributed by atoms with van der Waals surface area (Å²) in [5, 5.41) is 14.8. The average Bonchev–Trinajstić information content (AvgIpc) is 3.15. The maximum Gasteiger partial charge on any atom is 0.408 e. The van der Waals surface area contributed by atoms with Crippen molar-refractivity contribution in [3.8, 4) is 11.1 Å². The van der Waals surface area contributed by atoms with Gasteiger partial charge in [0, 0.05) is 13.0 Å². The summed E-state index contributed by atoms with van der Waals surface area (Å²) in [5.74, 6) is -1.81. The number of carboxylic acid groups (broad SMARTS) is 1. The zero-order valence-electron chi connectivity index (χ0n) is 20.7. The Labute approximate surface area is 206 Å². The van der Waals surface area contributed by atoms with Gasteiger partial charge >= 0.3 is 12.1 Å². The number of carbonyl (C=O) groups is 3. The first-order valence-corrected chi connectivity index (χ1v) is 11.9. The third kappa shape index (κ3) is 5.82. The molecule has 2 aromatic carbocycles. The molecule has 0 aromatic heterocycles. The number of aliphatic carboxylic acids is 1. The molecule has 2 atom stereocenters. The van der Waals surface area contributed by atoms with Crippen molar-refractivity contribution in [2.75, 3.05) is 20.3 Å². The second kappa shape index (κ2) is 11.4. The molecule has 2 unspecified atom stereocenters. The van der Waals surface area contributed by atoms with Crippen LogP contribution in [0.15, 0.2) is 48.5 Å². The molecular formula is C27H34N2O6. The van der Waals surface area contributed by atoms with Crippen molar-refractivity contribution in [2.45, 2.75) is 51.1 Å². The molecule has 8 nitrogen and oxygen atoms in total. The van der Waals surface area contributed by atoms with E-state index in [2.05, 4.69) is 22.8 Å². The van der Waals surface area contributed by atoms with Crippen molar-refractivity contribution in [2.24, 2.45) is 5.92 Å². The van der Waals surface area contributed by atoms with Gasteiger partial charge in [0.2, 0.25) is 5.91 Å². The molecule has 8 heteroatoms. The predicted molar refractivity (Wildman–Crippen MR) is 132 cm³/mol. The molecule has 1 aliphatic rings. The van der Waals surface area contributed by atoms with E-state index in [9.17, 15) is 19.5 Å². The van der Waals surface area contributed by atoms with Gasteiger partial charge in [-0.05, 0) is 41.0 Å². The van der Waals surface area contributed by atoms with Crippen LogP contribution in [0.4, 0.5) is 4.79 Å². The van der Waals surface area contributed by atoms with E-state index in [0.717, 1.165) is 22.3 Å². The van der Waals surface area contributed by atoms with Crippen LogP contribution < -0.4 is 10.6 Å². The number of ether oxygens (including phenoxy) is 2. The Morgan fingerprint density at radius 1 is 1.03 bits per heavy atom. The third-order valence-electron chi connectivity index (χ3n) is 6.42. The summed E-state index contributed by atoms with van der Waals surface area (Å²) in [6.07, 6.45) is -0.319. The normalized spacial score (nSPS) is 15.0. The first-order chi connectivity index (χ1) is 16.7. The molecule has 0 saturated heterocycles. The Morgan fingerprint density at radius 3 is 2.09 bits per heavy atom. The zero-order valence-corrected chi connectivity index (χ0v) is 20.7. The fraction of sp³-hybridized carbons (Fsp3) is 0.444. The SMILES string of the molecule is CCC(COC)(NC(=O)OCC1c2ccccc2-c2ccccc21)C(=O)NC(CC(C)C)C(=O)O. The standard InChI is InChI=1S/C27H34N2O6/c1-5-27(16-34-4,25(32)28-23(24(30)31)14-17(2)3)29-26(33)35-15-22-20-12-8-6-10-18(20)19-11-7-9-13-21(19)22/h6-13,17,22-23H,5,14-16H2,1-4H3,(H,28,32)(H,29,33)(H,30,31). The van der Waals surface area contributed by atoms with Crippen molar-refractivity contribution in [3.63, 3.8) is 0 Å². The molecule has 0 bridgehead atoms. The van der Waals surface area contributed by atoms with E-state index >= 15 is 0 Å². The van der Waals surface area contributed by atoms with Crippen LogP contribution in [0.5, 0.6) is 0 Å². The highest BCUT2D eigenvalue weighted by atomic mass is 16.5. The van der Waals surface area contributed by atoms with Gasteiger partial charge in [-0.25, -0.2) is 9.59 Å². The van der Waals surface area contributed by atoms with Crippen LogP contribution in [0, 0.1) is 5.92 Å². The first-order valence-electron chi connectivity index (χ1n) is 11.9. The Kier molecular flexibility index (Phi) is 8.51. The Balaban J connectivity index is 1.73. The summed E-state index contributed by atoms with van der Waals surface area (Å²) in [6, 6.07) is 15.0. The van der Waals surface area contributed by atoms with Crippen LogP contribution in [-0.4, -0.2) is 55.0 Å². The van der Waals surface area contributed by atoms with Crippen molar-refractivity contribution < 1.29 is 29.0 Å². The minimum absolute atomic E-state index is 0.0601. The number of benzene rings is 2. The molecule has 0 spiro atoms. The maximum atomic E-state index is 13.2. The molecule has 0 saturated carbocycles. The largest absolute Gasteiger partial charge is 0.480 e. The number of carbonyl (C=O) groups excluding carboxylic acids is 2. The minimum Gasteiger partial charge on any atom is -0.480 e. The zero-order chi connectivity index (χ0) is 25.6. The molecule has 2 aromatic rings. The van der Waals surface area contributed by atoms with Crippen molar-refractivity contribution in [3.05, 3.63) is 59.7 Å². The minimum atomic E-state index is -1.47. The van der Waals surface area contributed by atoms with Crippen LogP contribution in [0.2, 0.25) is 0 Å². The molecule has 0 fully saturated rings. The highest BCUT2D eigenvalue weighted by Crippen LogP contribution is 2.44. The highest BCUT2D eigenvalue weighted by Gasteiger charge is 2.41. The van der Waals surface area contributed by atoms with E-state index in [-0.39, 0.29) is 37.9 Å². The van der Waals surface area contributed by atoms with Crippen LogP contribution >= 0.6 is 0 Å². The lowest BCUT2D eigenvalue weighted by Crippen LogP contribution is -2.63. The van der Waals surface area contributed by atoms with E-state index in [4.69, 9.17) is 9.47 Å². The maximum absolute atomic E-state index is 13.2. The molecule has 1 aliphatic carbocycles. The smallest absolute Gasteiger partial charge is 0.408 e. The number of rotatable bonds is 11. The van der Waals surface area contributed by atoms with Crippen LogP contribution in [0.25, 0.3) is 11.1 Å². The van der Waals surface area contributed by atoms with Gasteiger partial charge in [0.25, 0.3) is 0 Å². The number of carboxylic acids is 1. The molecule has 3 rings (SSSR count). The Hall–Kier alpha value is -3.39. The predicted octanol–water partition coefficient (Wildman–Crippen LogP) is 3.94. The number of nitrogens with one attached hydrogen (secondary N) is 2. The number of fused-ring (bicyclic) bond motifs is 3. The molecule has 0 heterocycles. The van der Waals surface area contributed by atoms with Gasteiger partial charge in [-0.2, -0.15) is 0 Å². The quantitative estimate of drug-likeness (QED) is 0.447. The van der Waals surface area contributed by atoms with Crippen LogP contribution in [0.1, 0.15) is 50.7 Å². The van der Waals surface area contributed by atoms with Crippen molar-refractivity contribution >= 4 is 18.0 Å². The topological polar surface area (TPSA) is 114 Å². The first kappa shape index (κ1) is 26.2. The lowest BCUT2D eigenvalue weighted by molar-refractivity contribution is -0.144. The van der Waals surface area contributed by atoms with Gasteiger partial charge in [-0.15, -0.1) is 0 Å². The van der Waals surface area contributed by atoms with Gasteiger partial charge in [0.05, 0.1) is 6.61 Å². The summed E-state index contributed by atoms with van der Waals surface area (Å²) in [6.45, 7) is 5.44. The van der Waals surface area contributed by atoms with Gasteiger partial charge in [0.15, 0.2) is 0 Å². The monoisotopic (exact) mass is 482 g/mol. The van der Waals surface area contributed by atoms with Crippen LogP contribution in [-0.2, 0) is 19.1 Å². The van der Waals surface area contributed by atoms with Gasteiger partial charge in [-0.3, -0.25) is 4.79 Å². The van der Waals surface area contributed by atoms with Gasteiger partial charge in [0.1, 0.15) is 18.2 Å². The lowest BCUT2D eigenvalue weighted by Gasteiger charge is -2.32. The van der Waals surface area contributed by atoms with Crippen molar-refractivity contribution in [1.29, 1.82) is 0 Å². The number of methoxy groups -OCH3 is 1. The summed E-state index contributed by atoms with van der Waals surface area (Å²) in [7, 11) is 1.42. The second-order valence-corrected chi connectivity index (χ2v) is 9.31. The number of alkyl carbamates (subject to hydrolysis) is 1. The highest BCUT2D eigenvalue weighted by molar-refractivity contribution is 5.93. The fourth-order valence-electron chi connectivity index (χ4n) is 4.57. The van der Waals surface area contributed by atoms with E-state index in [0.29, 0.717) is 0 Å². The Bertz CT molecular complexity index is 1020. The molecule has 3 N–H and O–H groups in total. The average molecular weight is 483 g/mol. The van der Waals surface area contributed by atoms with Crippen LogP contribution in [0.3, 0.4) is 0 Å². The molecular weight excluding hydrogens is 448 g/mol. The summed E-state index contributed by atoms with van der Waals surface area (Å²) in [4.78, 5) is 37.7. The number of amides is 2. The number of hydrogen-bond donors (Lipinski definition) is 3. The molecule has 2 amide bonds. The van der Waals surface area contributed by atoms with Gasteiger partial charge < -0.3 is 25.2 Å². The van der Waals surface area contributed by atoms with E-state index in [1.54, 1.807) is 6.92 Å².